The Hall–Kier alpha value is -0.520. The van der Waals surface area contributed by atoms with E-state index >= 15 is 0 Å². The van der Waals surface area contributed by atoms with Crippen molar-refractivity contribution in [2.45, 2.75) is 18.9 Å². The minimum absolute atomic E-state index is 0.805. The van der Waals surface area contributed by atoms with Crippen LogP contribution in [0, 0.1) is 0 Å². The van der Waals surface area contributed by atoms with E-state index in [1.165, 1.54) is 12.8 Å². The molecule has 0 spiro atoms. The Morgan fingerprint density at radius 1 is 1.75 bits per heavy atom. The summed E-state index contributed by atoms with van der Waals surface area (Å²) in [6.07, 6.45) is 4.62. The lowest BCUT2D eigenvalue weighted by Crippen LogP contribution is -2.15. The lowest BCUT2D eigenvalue weighted by atomic mass is 10.5. The summed E-state index contributed by atoms with van der Waals surface area (Å²) in [5, 5.41) is 3.30. The van der Waals surface area contributed by atoms with Gasteiger partial charge < -0.3 is 5.32 Å². The Bertz CT molecular complexity index is 108. The molecule has 0 aromatic carbocycles. The molecule has 0 bridgehead atoms. The van der Waals surface area contributed by atoms with Gasteiger partial charge in [-0.15, -0.1) is 5.73 Å². The van der Waals surface area contributed by atoms with Crippen LogP contribution in [0.3, 0.4) is 0 Å². The van der Waals surface area contributed by atoms with E-state index in [0.717, 1.165) is 12.6 Å². The molecule has 0 heterocycles. The van der Waals surface area contributed by atoms with E-state index in [0.29, 0.717) is 0 Å². The van der Waals surface area contributed by atoms with Gasteiger partial charge in [-0.2, -0.15) is 0 Å². The molecule has 1 heteroatoms. The Morgan fingerprint density at radius 3 is 3.00 bits per heavy atom. The fourth-order valence-electron chi connectivity index (χ4n) is 0.585. The predicted octanol–water partition coefficient (Wildman–Crippen LogP) is 1.08. The van der Waals surface area contributed by atoms with Crippen molar-refractivity contribution in [3.05, 3.63) is 18.4 Å². The fourth-order valence-corrected chi connectivity index (χ4v) is 0.585. The molecule has 0 atom stereocenters. The number of hydrogen-bond donors (Lipinski definition) is 1. The van der Waals surface area contributed by atoms with E-state index in [9.17, 15) is 0 Å². The summed E-state index contributed by atoms with van der Waals surface area (Å²) >= 11 is 0. The van der Waals surface area contributed by atoms with Crippen molar-refractivity contribution in [1.29, 1.82) is 0 Å². The molecule has 0 aliphatic heterocycles. The van der Waals surface area contributed by atoms with Crippen LogP contribution in [0.25, 0.3) is 0 Å². The average Bonchev–Trinajstić information content (AvgIpc) is 2.51. The van der Waals surface area contributed by atoms with Gasteiger partial charge in [-0.3, -0.25) is 0 Å². The third kappa shape index (κ3) is 1.97. The lowest BCUT2D eigenvalue weighted by Gasteiger charge is -1.91. The van der Waals surface area contributed by atoms with Gasteiger partial charge in [-0.1, -0.05) is 6.58 Å². The van der Waals surface area contributed by atoms with Gasteiger partial charge in [-0.25, -0.2) is 0 Å². The molecule has 1 nitrogen and oxygen atoms in total. The molecule has 0 amide bonds. The van der Waals surface area contributed by atoms with Crippen LogP contribution in [0.4, 0.5) is 0 Å². The molecule has 1 aliphatic rings. The molecule has 0 unspecified atom stereocenters. The minimum Gasteiger partial charge on any atom is -0.310 e. The monoisotopic (exact) mass is 109 g/mol. The van der Waals surface area contributed by atoms with Gasteiger partial charge >= 0.3 is 0 Å². The van der Waals surface area contributed by atoms with Gasteiger partial charge in [0.15, 0.2) is 0 Å². The Balaban J connectivity index is 1.95. The van der Waals surface area contributed by atoms with Crippen LogP contribution in [-0.2, 0) is 0 Å². The summed E-state index contributed by atoms with van der Waals surface area (Å²) < 4.78 is 0. The van der Waals surface area contributed by atoms with Crippen LogP contribution in [0.15, 0.2) is 18.4 Å². The van der Waals surface area contributed by atoms with E-state index in [1.54, 1.807) is 0 Å². The molecule has 8 heavy (non-hydrogen) atoms. The highest BCUT2D eigenvalue weighted by molar-refractivity contribution is 4.86. The first kappa shape index (κ1) is 5.61. The zero-order chi connectivity index (χ0) is 5.82. The van der Waals surface area contributed by atoms with Crippen LogP contribution in [0.1, 0.15) is 12.8 Å². The standard InChI is InChI=1S/C7H11N/c1-2-3-6-8-7-4-5-7/h3,7-8H,1,4-6H2. The largest absolute Gasteiger partial charge is 0.310 e. The second-order valence-electron chi connectivity index (χ2n) is 2.09. The maximum atomic E-state index is 3.46. The van der Waals surface area contributed by atoms with Gasteiger partial charge in [0.05, 0.1) is 0 Å². The maximum Gasteiger partial charge on any atom is 0.0212 e. The highest BCUT2D eigenvalue weighted by Gasteiger charge is 2.18. The average molecular weight is 109 g/mol. The SMILES string of the molecule is C=C=CCNC1CC1. The van der Waals surface area contributed by atoms with E-state index in [2.05, 4.69) is 17.6 Å². The van der Waals surface area contributed by atoms with Gasteiger partial charge in [0.2, 0.25) is 0 Å². The highest BCUT2D eigenvalue weighted by atomic mass is 14.9. The lowest BCUT2D eigenvalue weighted by molar-refractivity contribution is 0.754. The van der Waals surface area contributed by atoms with E-state index in [4.69, 9.17) is 0 Å². The molecule has 1 N–H and O–H groups in total. The summed E-state index contributed by atoms with van der Waals surface area (Å²) in [7, 11) is 0. The summed E-state index contributed by atoms with van der Waals surface area (Å²) in [6.45, 7) is 4.40. The zero-order valence-corrected chi connectivity index (χ0v) is 4.98. The van der Waals surface area contributed by atoms with Crippen molar-refractivity contribution in [1.82, 2.24) is 5.32 Å². The topological polar surface area (TPSA) is 12.0 Å². The van der Waals surface area contributed by atoms with Gasteiger partial charge in [0.1, 0.15) is 0 Å². The molecule has 0 radical (unpaired) electrons. The number of hydrogen-bond acceptors (Lipinski definition) is 1. The summed E-state index contributed by atoms with van der Waals surface area (Å²) in [5.41, 5.74) is 2.71. The molecular weight excluding hydrogens is 98.1 g/mol. The first-order valence-corrected chi connectivity index (χ1v) is 3.01. The van der Waals surface area contributed by atoms with Gasteiger partial charge in [-0.05, 0) is 18.9 Å². The summed E-state index contributed by atoms with van der Waals surface area (Å²) in [6, 6.07) is 0.805. The molecule has 0 saturated heterocycles. The van der Waals surface area contributed by atoms with Gasteiger partial charge in [0, 0.05) is 12.6 Å². The first-order valence-electron chi connectivity index (χ1n) is 3.01. The van der Waals surface area contributed by atoms with Crippen LogP contribution in [-0.4, -0.2) is 12.6 Å². The number of nitrogens with one attached hydrogen (secondary N) is 1. The zero-order valence-electron chi connectivity index (χ0n) is 4.98. The molecule has 1 saturated carbocycles. The van der Waals surface area contributed by atoms with Crippen molar-refractivity contribution < 1.29 is 0 Å². The smallest absolute Gasteiger partial charge is 0.0212 e. The van der Waals surface area contributed by atoms with Crippen LogP contribution >= 0.6 is 0 Å². The van der Waals surface area contributed by atoms with Crippen molar-refractivity contribution in [2.24, 2.45) is 0 Å². The van der Waals surface area contributed by atoms with Crippen molar-refractivity contribution in [3.8, 4) is 0 Å². The number of rotatable bonds is 3. The van der Waals surface area contributed by atoms with E-state index < -0.39 is 0 Å². The van der Waals surface area contributed by atoms with Crippen molar-refractivity contribution in [2.75, 3.05) is 6.54 Å². The molecule has 0 aromatic rings. The Labute approximate surface area is 50.1 Å². The Morgan fingerprint density at radius 2 is 2.50 bits per heavy atom. The first-order chi connectivity index (χ1) is 3.93. The second kappa shape index (κ2) is 2.71. The van der Waals surface area contributed by atoms with Gasteiger partial charge in [0.25, 0.3) is 0 Å². The summed E-state index contributed by atoms with van der Waals surface area (Å²) in [5.74, 6) is 0. The van der Waals surface area contributed by atoms with Crippen LogP contribution in [0.5, 0.6) is 0 Å². The van der Waals surface area contributed by atoms with Crippen LogP contribution in [0.2, 0.25) is 0 Å². The van der Waals surface area contributed by atoms with Crippen molar-refractivity contribution >= 4 is 0 Å². The molecule has 1 rings (SSSR count). The summed E-state index contributed by atoms with van der Waals surface area (Å²) in [4.78, 5) is 0. The fraction of sp³-hybridized carbons (Fsp3) is 0.571. The minimum atomic E-state index is 0.805. The quantitative estimate of drug-likeness (QED) is 0.535. The highest BCUT2D eigenvalue weighted by Crippen LogP contribution is 2.17. The second-order valence-corrected chi connectivity index (χ2v) is 2.09. The third-order valence-corrected chi connectivity index (χ3v) is 1.23. The predicted molar refractivity (Wildman–Crippen MR) is 34.7 cm³/mol. The normalized spacial score (nSPS) is 17.5. The molecule has 1 fully saturated rings. The molecule has 44 valence electrons. The third-order valence-electron chi connectivity index (χ3n) is 1.23. The van der Waals surface area contributed by atoms with E-state index in [1.807, 2.05) is 6.08 Å². The van der Waals surface area contributed by atoms with E-state index in [-0.39, 0.29) is 0 Å². The molecular formula is C7H11N. The maximum absolute atomic E-state index is 3.46. The van der Waals surface area contributed by atoms with Crippen molar-refractivity contribution in [3.63, 3.8) is 0 Å². The molecule has 0 aromatic heterocycles. The van der Waals surface area contributed by atoms with Crippen LogP contribution < -0.4 is 5.32 Å². The molecule has 1 aliphatic carbocycles. The Kier molecular flexibility index (Phi) is 1.90.